The van der Waals surface area contributed by atoms with Crippen molar-refractivity contribution in [1.29, 1.82) is 0 Å². The highest BCUT2D eigenvalue weighted by molar-refractivity contribution is 5.94. The summed E-state index contributed by atoms with van der Waals surface area (Å²) in [5, 5.41) is 26.2. The molecule has 1 amide bonds. The summed E-state index contributed by atoms with van der Waals surface area (Å²) < 4.78 is 5.05. The summed E-state index contributed by atoms with van der Waals surface area (Å²) >= 11 is 0. The highest BCUT2D eigenvalue weighted by Crippen LogP contribution is 2.29. The first-order valence-electron chi connectivity index (χ1n) is 8.82. The average molecular weight is 383 g/mol. The molecule has 0 heterocycles. The fraction of sp³-hybridized carbons (Fsp3) is 0.529. The van der Waals surface area contributed by atoms with Gasteiger partial charge in [-0.05, 0) is 19.9 Å². The lowest BCUT2D eigenvalue weighted by Gasteiger charge is -2.19. The summed E-state index contributed by atoms with van der Waals surface area (Å²) in [6.07, 6.45) is -0.282. The van der Waals surface area contributed by atoms with Crippen molar-refractivity contribution in [1.82, 2.24) is 0 Å². The summed E-state index contributed by atoms with van der Waals surface area (Å²) in [5.41, 5.74) is 0.0579. The smallest absolute Gasteiger partial charge is 0.273 e. The molecule has 1 rings (SSSR count). The number of quaternary nitrogens is 2. The van der Waals surface area contributed by atoms with Gasteiger partial charge in [-0.2, -0.15) is 0 Å². The molecule has 0 aliphatic heterocycles. The van der Waals surface area contributed by atoms with Crippen LogP contribution in [0.1, 0.15) is 20.3 Å². The number of nitro groups is 1. The minimum absolute atomic E-state index is 0.122. The van der Waals surface area contributed by atoms with Gasteiger partial charge < -0.3 is 30.2 Å². The number of hydrogen-bond acceptors (Lipinski definition) is 6. The molecular weight excluding hydrogens is 356 g/mol. The molecule has 27 heavy (non-hydrogen) atoms. The van der Waals surface area contributed by atoms with Gasteiger partial charge in [0.2, 0.25) is 5.91 Å². The first kappa shape index (κ1) is 22.3. The topological polar surface area (TPSA) is 143 Å². The van der Waals surface area contributed by atoms with Gasteiger partial charge in [0, 0.05) is 6.07 Å². The van der Waals surface area contributed by atoms with Crippen LogP contribution in [0.15, 0.2) is 18.2 Å². The Morgan fingerprint density at radius 2 is 2.00 bits per heavy atom. The molecule has 0 saturated heterocycles. The van der Waals surface area contributed by atoms with Crippen LogP contribution < -0.4 is 25.4 Å². The summed E-state index contributed by atoms with van der Waals surface area (Å²) in [7, 11) is 1.32. The van der Waals surface area contributed by atoms with E-state index in [0.29, 0.717) is 6.54 Å². The number of carbonyl (C=O) groups is 2. The van der Waals surface area contributed by atoms with Gasteiger partial charge in [-0.3, -0.25) is 14.9 Å². The van der Waals surface area contributed by atoms with E-state index in [4.69, 9.17) is 4.74 Å². The van der Waals surface area contributed by atoms with Crippen molar-refractivity contribution in [3.8, 4) is 5.75 Å². The predicted molar refractivity (Wildman–Crippen MR) is 95.4 cm³/mol. The Morgan fingerprint density at radius 3 is 2.52 bits per heavy atom. The van der Waals surface area contributed by atoms with E-state index in [1.807, 2.05) is 0 Å². The Bertz CT molecular complexity index is 663. The number of non-ortho nitro benzene ring substituents is 1. The number of nitro benzene ring substituents is 1. The second-order valence-electron chi connectivity index (χ2n) is 6.05. The van der Waals surface area contributed by atoms with Crippen molar-refractivity contribution in [2.24, 2.45) is 0 Å². The normalized spacial score (nSPS) is 11.9. The number of methoxy groups -OCH3 is 1. The molecular formula is C17H27N4O6+. The van der Waals surface area contributed by atoms with Crippen LogP contribution in [0.4, 0.5) is 11.4 Å². The van der Waals surface area contributed by atoms with Gasteiger partial charge in [0.15, 0.2) is 0 Å². The second kappa shape index (κ2) is 11.1. The van der Waals surface area contributed by atoms with Gasteiger partial charge in [-0.15, -0.1) is 0 Å². The third-order valence-corrected chi connectivity index (χ3v) is 4.33. The van der Waals surface area contributed by atoms with Crippen LogP contribution in [0.3, 0.4) is 0 Å². The lowest BCUT2D eigenvalue weighted by atomic mass is 10.2. The van der Waals surface area contributed by atoms with E-state index < -0.39 is 22.8 Å². The molecule has 10 heteroatoms. The highest BCUT2D eigenvalue weighted by atomic mass is 16.6. The summed E-state index contributed by atoms with van der Waals surface area (Å²) in [6, 6.07) is 2.75. The maximum Gasteiger partial charge on any atom is 0.273 e. The zero-order valence-electron chi connectivity index (χ0n) is 15.8. The van der Waals surface area contributed by atoms with Crippen molar-refractivity contribution in [3.63, 3.8) is 0 Å². The number of ether oxygens (including phenoxy) is 1. The fourth-order valence-electron chi connectivity index (χ4n) is 2.65. The number of carbonyl (C=O) groups excluding carboxylic acids is 2. The molecule has 0 aromatic heterocycles. The fourth-order valence-corrected chi connectivity index (χ4v) is 2.65. The number of carboxylic acids is 1. The molecule has 1 aromatic carbocycles. The lowest BCUT2D eigenvalue weighted by Crippen LogP contribution is -3.14. The SMILES string of the molecule is CC[NH+](CC)CC[NH2+][C@@H](CC(=O)Nc1ccc([N+](=O)[O-])cc1OC)C(=O)[O-]. The number of benzene rings is 1. The van der Waals surface area contributed by atoms with Crippen LogP contribution >= 0.6 is 0 Å². The molecule has 0 spiro atoms. The van der Waals surface area contributed by atoms with Crippen LogP contribution in [-0.2, 0) is 9.59 Å². The van der Waals surface area contributed by atoms with Gasteiger partial charge in [0.05, 0.1) is 49.3 Å². The molecule has 150 valence electrons. The lowest BCUT2D eigenvalue weighted by molar-refractivity contribution is -0.910. The number of nitrogens with zero attached hydrogens (tertiary/aromatic N) is 1. The quantitative estimate of drug-likeness (QED) is 0.270. The van der Waals surface area contributed by atoms with E-state index in [-0.39, 0.29) is 23.5 Å². The average Bonchev–Trinajstić information content (AvgIpc) is 2.64. The Kier molecular flexibility index (Phi) is 9.17. The van der Waals surface area contributed by atoms with Crippen molar-refractivity contribution >= 4 is 23.3 Å². The van der Waals surface area contributed by atoms with Crippen LogP contribution in [0.2, 0.25) is 0 Å². The molecule has 1 atom stereocenters. The molecule has 0 unspecified atom stereocenters. The van der Waals surface area contributed by atoms with Crippen LogP contribution in [0.5, 0.6) is 5.75 Å². The number of likely N-dealkylation sites (N-methyl/N-ethyl adjacent to an activating group) is 1. The van der Waals surface area contributed by atoms with E-state index in [0.717, 1.165) is 19.6 Å². The largest absolute Gasteiger partial charge is 0.544 e. The van der Waals surface area contributed by atoms with Crippen molar-refractivity contribution < 1.29 is 34.6 Å². The van der Waals surface area contributed by atoms with Crippen molar-refractivity contribution in [2.75, 3.05) is 38.6 Å². The zero-order valence-corrected chi connectivity index (χ0v) is 15.8. The van der Waals surface area contributed by atoms with Crippen molar-refractivity contribution in [2.45, 2.75) is 26.3 Å². The molecule has 10 nitrogen and oxygen atoms in total. The Hall–Kier alpha value is -2.72. The van der Waals surface area contributed by atoms with Crippen LogP contribution in [0, 0.1) is 10.1 Å². The van der Waals surface area contributed by atoms with E-state index >= 15 is 0 Å². The number of nitrogens with two attached hydrogens (primary N) is 1. The van der Waals surface area contributed by atoms with Crippen molar-refractivity contribution in [3.05, 3.63) is 28.3 Å². The molecule has 1 aromatic rings. The maximum absolute atomic E-state index is 12.2. The minimum Gasteiger partial charge on any atom is -0.544 e. The van der Waals surface area contributed by atoms with Gasteiger partial charge in [0.25, 0.3) is 5.69 Å². The molecule has 0 saturated carbocycles. The van der Waals surface area contributed by atoms with Gasteiger partial charge in [-0.25, -0.2) is 0 Å². The van der Waals surface area contributed by atoms with E-state index in [1.54, 1.807) is 5.32 Å². The highest BCUT2D eigenvalue weighted by Gasteiger charge is 2.20. The third-order valence-electron chi connectivity index (χ3n) is 4.33. The molecule has 0 radical (unpaired) electrons. The number of hydrogen-bond donors (Lipinski definition) is 3. The molecule has 0 bridgehead atoms. The van der Waals surface area contributed by atoms with E-state index in [2.05, 4.69) is 19.2 Å². The number of anilines is 1. The first-order chi connectivity index (χ1) is 12.8. The van der Waals surface area contributed by atoms with E-state index in [9.17, 15) is 24.8 Å². The number of rotatable bonds is 12. The van der Waals surface area contributed by atoms with Gasteiger partial charge in [0.1, 0.15) is 24.9 Å². The summed E-state index contributed by atoms with van der Waals surface area (Å²) in [6.45, 7) is 7.35. The first-order valence-corrected chi connectivity index (χ1v) is 8.82. The Balaban J connectivity index is 2.69. The maximum atomic E-state index is 12.2. The third kappa shape index (κ3) is 7.19. The number of carboxylic acid groups (broad SMARTS) is 1. The Morgan fingerprint density at radius 1 is 1.33 bits per heavy atom. The van der Waals surface area contributed by atoms with Crippen LogP contribution in [-0.4, -0.2) is 56.1 Å². The predicted octanol–water partition coefficient (Wildman–Crippen LogP) is -2.46. The molecule has 4 N–H and O–H groups in total. The molecule has 0 aliphatic rings. The summed E-state index contributed by atoms with van der Waals surface area (Å²) in [4.78, 5) is 35.1. The monoisotopic (exact) mass is 383 g/mol. The minimum atomic E-state index is -1.31. The van der Waals surface area contributed by atoms with Crippen LogP contribution in [0.25, 0.3) is 0 Å². The number of nitrogens with one attached hydrogen (secondary N) is 2. The Labute approximate surface area is 157 Å². The van der Waals surface area contributed by atoms with Gasteiger partial charge >= 0.3 is 0 Å². The standard InChI is InChI=1S/C17H26N4O6/c1-4-20(5-2)9-8-18-14(17(23)24)11-16(22)19-13-7-6-12(21(25)26)10-15(13)27-3/h6-7,10,14,18H,4-5,8-9,11H2,1-3H3,(H,19,22)(H,23,24)/p+1/t14-/m0/s1. The summed E-state index contributed by atoms with van der Waals surface area (Å²) in [5.74, 6) is -1.73. The number of aliphatic carboxylic acids is 1. The molecule has 0 fully saturated rings. The second-order valence-corrected chi connectivity index (χ2v) is 6.05. The molecule has 0 aliphatic carbocycles. The van der Waals surface area contributed by atoms with E-state index in [1.165, 1.54) is 30.2 Å². The zero-order chi connectivity index (χ0) is 20.4. The number of amides is 1. The van der Waals surface area contributed by atoms with Gasteiger partial charge in [-0.1, -0.05) is 0 Å².